The number of carboxylic acid groups (broad SMARTS) is 1. The fourth-order valence-corrected chi connectivity index (χ4v) is 3.79. The minimum Gasteiger partial charge on any atom is -0.475 e. The van der Waals surface area contributed by atoms with Crippen LogP contribution in [0.1, 0.15) is 30.6 Å². The molecule has 0 aromatic carbocycles. The first-order chi connectivity index (χ1) is 15.7. The Balaban J connectivity index is 0.000000383. The molecule has 33 heavy (non-hydrogen) atoms. The van der Waals surface area contributed by atoms with Crippen molar-refractivity contribution >= 4 is 11.9 Å². The zero-order valence-electron chi connectivity index (χ0n) is 17.8. The molecular formula is C22H25F3N2O6. The van der Waals surface area contributed by atoms with Gasteiger partial charge in [-0.3, -0.25) is 9.78 Å². The van der Waals surface area contributed by atoms with Crippen LogP contribution in [0.3, 0.4) is 0 Å². The average molecular weight is 470 g/mol. The maximum Gasteiger partial charge on any atom is 0.490 e. The lowest BCUT2D eigenvalue weighted by atomic mass is 9.88. The number of nitrogens with zero attached hydrogens (tertiary/aromatic N) is 2. The minimum absolute atomic E-state index is 0.112. The zero-order valence-corrected chi connectivity index (χ0v) is 17.8. The Labute approximate surface area is 188 Å². The number of likely N-dealkylation sites (tertiary alicyclic amines) is 1. The van der Waals surface area contributed by atoms with Gasteiger partial charge in [0.1, 0.15) is 5.76 Å². The van der Waals surface area contributed by atoms with E-state index in [1.807, 2.05) is 35.4 Å². The van der Waals surface area contributed by atoms with E-state index in [1.165, 1.54) is 0 Å². The molecule has 0 bridgehead atoms. The third-order valence-electron chi connectivity index (χ3n) is 5.56. The number of piperidine rings is 1. The molecule has 2 aromatic rings. The first-order valence-electron chi connectivity index (χ1n) is 10.4. The van der Waals surface area contributed by atoms with Gasteiger partial charge in [-0.2, -0.15) is 13.2 Å². The van der Waals surface area contributed by atoms with Crippen molar-refractivity contribution in [2.24, 2.45) is 0 Å². The molecule has 2 aliphatic heterocycles. The van der Waals surface area contributed by atoms with E-state index < -0.39 is 12.1 Å². The maximum absolute atomic E-state index is 12.4. The van der Waals surface area contributed by atoms with Crippen LogP contribution in [0.15, 0.2) is 47.3 Å². The second kappa shape index (κ2) is 10.8. The first kappa shape index (κ1) is 24.7. The van der Waals surface area contributed by atoms with Crippen molar-refractivity contribution in [2.45, 2.75) is 50.2 Å². The van der Waals surface area contributed by atoms with Crippen molar-refractivity contribution in [2.75, 3.05) is 19.7 Å². The van der Waals surface area contributed by atoms with Gasteiger partial charge in [-0.05, 0) is 36.6 Å². The highest BCUT2D eigenvalue weighted by atomic mass is 19.4. The van der Waals surface area contributed by atoms with E-state index in [4.69, 9.17) is 23.8 Å². The topological polar surface area (TPSA) is 102 Å². The summed E-state index contributed by atoms with van der Waals surface area (Å²) in [5.74, 6) is -1.92. The molecule has 11 heteroatoms. The van der Waals surface area contributed by atoms with Gasteiger partial charge in [0.25, 0.3) is 0 Å². The molecule has 2 fully saturated rings. The maximum atomic E-state index is 12.4. The average Bonchev–Trinajstić information content (AvgIpc) is 3.43. The van der Waals surface area contributed by atoms with Crippen molar-refractivity contribution < 1.29 is 41.8 Å². The molecule has 0 aliphatic carbocycles. The normalized spacial score (nSPS) is 19.7. The Hall–Kier alpha value is -2.92. The summed E-state index contributed by atoms with van der Waals surface area (Å²) in [7, 11) is 0. The van der Waals surface area contributed by atoms with Crippen molar-refractivity contribution in [3.05, 3.63) is 54.2 Å². The molecule has 0 saturated carbocycles. The van der Waals surface area contributed by atoms with Crippen molar-refractivity contribution in [3.8, 4) is 0 Å². The van der Waals surface area contributed by atoms with Crippen LogP contribution in [0.2, 0.25) is 0 Å². The summed E-state index contributed by atoms with van der Waals surface area (Å²) in [6.45, 7) is 2.65. The van der Waals surface area contributed by atoms with Gasteiger partial charge in [-0.1, -0.05) is 6.07 Å². The van der Waals surface area contributed by atoms with Crippen LogP contribution in [0.4, 0.5) is 13.2 Å². The Morgan fingerprint density at radius 2 is 1.97 bits per heavy atom. The number of hydrogen-bond donors (Lipinski definition) is 1. The molecule has 2 aromatic heterocycles. The first-order valence-corrected chi connectivity index (χ1v) is 10.4. The molecule has 4 heterocycles. The molecule has 2 saturated heterocycles. The molecule has 1 atom stereocenters. The minimum atomic E-state index is -5.08. The number of ether oxygens (including phenoxy) is 2. The quantitative estimate of drug-likeness (QED) is 0.716. The summed E-state index contributed by atoms with van der Waals surface area (Å²) in [6.07, 6.45) is 3.18. The van der Waals surface area contributed by atoms with Crippen molar-refractivity contribution in [1.82, 2.24) is 9.88 Å². The van der Waals surface area contributed by atoms with Crippen molar-refractivity contribution in [3.63, 3.8) is 0 Å². The molecule has 0 radical (unpaired) electrons. The van der Waals surface area contributed by atoms with Gasteiger partial charge >= 0.3 is 12.1 Å². The number of carbonyl (C=O) groups excluding carboxylic acids is 1. The Bertz CT molecular complexity index is 897. The summed E-state index contributed by atoms with van der Waals surface area (Å²) in [5.41, 5.74) is 0.938. The molecule has 1 amide bonds. The van der Waals surface area contributed by atoms with E-state index in [9.17, 15) is 18.0 Å². The number of furan rings is 1. The van der Waals surface area contributed by atoms with E-state index in [-0.39, 0.29) is 17.6 Å². The molecule has 1 N–H and O–H groups in total. The van der Waals surface area contributed by atoms with Crippen LogP contribution in [-0.4, -0.2) is 64.4 Å². The van der Waals surface area contributed by atoms with Crippen LogP contribution in [0, 0.1) is 0 Å². The molecule has 4 rings (SSSR count). The summed E-state index contributed by atoms with van der Waals surface area (Å²) in [5, 5.41) is 7.12. The van der Waals surface area contributed by atoms with Crippen molar-refractivity contribution in [1.29, 1.82) is 0 Å². The molecule has 1 spiro atoms. The third-order valence-corrected chi connectivity index (χ3v) is 5.56. The second-order valence-corrected chi connectivity index (χ2v) is 7.93. The van der Waals surface area contributed by atoms with E-state index in [2.05, 4.69) is 4.98 Å². The number of amides is 1. The van der Waals surface area contributed by atoms with Gasteiger partial charge in [0.15, 0.2) is 0 Å². The standard InChI is InChI=1S/C20H24N2O4.C2HF3O2/c23-19(11-17-4-2-10-24-17)22-8-5-20(6-9-22)12-18(15-26-20)25-14-16-3-1-7-21-13-16;3-2(4,5)1(6)7/h1-4,7,10,13,18H,5-6,8-9,11-12,14-15H2;(H,6,7). The van der Waals surface area contributed by atoms with Gasteiger partial charge in [0, 0.05) is 31.9 Å². The summed E-state index contributed by atoms with van der Waals surface area (Å²) < 4.78 is 49.1. The summed E-state index contributed by atoms with van der Waals surface area (Å²) in [6, 6.07) is 7.59. The van der Waals surface area contributed by atoms with Gasteiger partial charge in [-0.15, -0.1) is 0 Å². The molecular weight excluding hydrogens is 445 g/mol. The van der Waals surface area contributed by atoms with E-state index >= 15 is 0 Å². The molecule has 180 valence electrons. The number of carboxylic acids is 1. The van der Waals surface area contributed by atoms with Gasteiger partial charge < -0.3 is 23.9 Å². The lowest BCUT2D eigenvalue weighted by molar-refractivity contribution is -0.192. The number of aliphatic carboxylic acids is 1. The van der Waals surface area contributed by atoms with E-state index in [0.717, 1.165) is 43.7 Å². The number of hydrogen-bond acceptors (Lipinski definition) is 6. The van der Waals surface area contributed by atoms with Crippen LogP contribution in [-0.2, 0) is 32.1 Å². The number of rotatable bonds is 5. The number of alkyl halides is 3. The SMILES string of the molecule is O=C(Cc1ccco1)N1CCC2(CC1)CC(OCc1cccnc1)CO2.O=C(O)C(F)(F)F. The Morgan fingerprint density at radius 3 is 2.55 bits per heavy atom. The molecule has 1 unspecified atom stereocenters. The predicted octanol–water partition coefficient (Wildman–Crippen LogP) is 3.22. The lowest BCUT2D eigenvalue weighted by Gasteiger charge is -2.38. The number of carbonyl (C=O) groups is 2. The predicted molar refractivity (Wildman–Crippen MR) is 108 cm³/mol. The third kappa shape index (κ3) is 7.29. The second-order valence-electron chi connectivity index (χ2n) is 7.93. The van der Waals surface area contributed by atoms with Gasteiger partial charge in [-0.25, -0.2) is 4.79 Å². The van der Waals surface area contributed by atoms with E-state index in [1.54, 1.807) is 12.5 Å². The van der Waals surface area contributed by atoms with Crippen LogP contribution in [0.25, 0.3) is 0 Å². The summed E-state index contributed by atoms with van der Waals surface area (Å²) in [4.78, 5) is 27.3. The summed E-state index contributed by atoms with van der Waals surface area (Å²) >= 11 is 0. The van der Waals surface area contributed by atoms with Crippen LogP contribution < -0.4 is 0 Å². The Morgan fingerprint density at radius 1 is 1.24 bits per heavy atom. The highest BCUT2D eigenvalue weighted by Crippen LogP contribution is 2.37. The number of halogens is 3. The largest absolute Gasteiger partial charge is 0.490 e. The monoisotopic (exact) mass is 470 g/mol. The van der Waals surface area contributed by atoms with Gasteiger partial charge in [0.05, 0.1) is 37.6 Å². The van der Waals surface area contributed by atoms with Gasteiger partial charge in [0.2, 0.25) is 5.91 Å². The fraction of sp³-hybridized carbons (Fsp3) is 0.500. The lowest BCUT2D eigenvalue weighted by Crippen LogP contribution is -2.47. The zero-order chi connectivity index (χ0) is 23.9. The smallest absolute Gasteiger partial charge is 0.475 e. The molecule has 2 aliphatic rings. The van der Waals surface area contributed by atoms with Crippen LogP contribution >= 0.6 is 0 Å². The number of aromatic nitrogens is 1. The Kier molecular flexibility index (Phi) is 8.09. The molecule has 8 nitrogen and oxygen atoms in total. The highest BCUT2D eigenvalue weighted by Gasteiger charge is 2.43. The number of pyridine rings is 1. The highest BCUT2D eigenvalue weighted by molar-refractivity contribution is 5.78. The van der Waals surface area contributed by atoms with Crippen LogP contribution in [0.5, 0.6) is 0 Å². The van der Waals surface area contributed by atoms with E-state index in [0.29, 0.717) is 19.6 Å². The fourth-order valence-electron chi connectivity index (χ4n) is 3.79.